The summed E-state index contributed by atoms with van der Waals surface area (Å²) < 4.78 is 29.2. The number of methoxy groups -OCH3 is 3. The number of ether oxygens (including phenoxy) is 5. The van der Waals surface area contributed by atoms with Crippen LogP contribution >= 0.6 is 0 Å². The third-order valence-corrected chi connectivity index (χ3v) is 7.42. The van der Waals surface area contributed by atoms with E-state index in [0.717, 1.165) is 5.56 Å². The molecule has 230 valence electrons. The van der Waals surface area contributed by atoms with Crippen LogP contribution in [0.25, 0.3) is 11.0 Å². The van der Waals surface area contributed by atoms with Crippen LogP contribution in [0.5, 0.6) is 28.7 Å². The zero-order chi connectivity index (χ0) is 31.3. The predicted octanol–water partition coefficient (Wildman–Crippen LogP) is 4.59. The van der Waals surface area contributed by atoms with Gasteiger partial charge in [-0.3, -0.25) is 9.59 Å². The molecule has 5 aromatic rings. The minimum absolute atomic E-state index is 0.0944. The number of carbonyl (C=O) groups is 2. The Labute approximate surface area is 259 Å². The summed E-state index contributed by atoms with van der Waals surface area (Å²) in [6, 6.07) is 24.1. The molecule has 0 radical (unpaired) electrons. The summed E-state index contributed by atoms with van der Waals surface area (Å²) in [6.45, 7) is 0.0465. The van der Waals surface area contributed by atoms with Crippen molar-refractivity contribution in [2.75, 3.05) is 33.4 Å². The van der Waals surface area contributed by atoms with Gasteiger partial charge in [0.1, 0.15) is 18.1 Å². The first-order valence-electron chi connectivity index (χ1n) is 14.1. The molecule has 45 heavy (non-hydrogen) atoms. The molecule has 12 heteroatoms. The van der Waals surface area contributed by atoms with Crippen molar-refractivity contribution in [2.45, 2.75) is 19.1 Å². The number of rotatable bonds is 11. The zero-order valence-corrected chi connectivity index (χ0v) is 24.9. The van der Waals surface area contributed by atoms with Crippen LogP contribution in [0.3, 0.4) is 0 Å². The monoisotopic (exact) mass is 609 g/mol. The van der Waals surface area contributed by atoms with Gasteiger partial charge < -0.3 is 33.9 Å². The summed E-state index contributed by atoms with van der Waals surface area (Å²) >= 11 is 0. The van der Waals surface area contributed by atoms with E-state index in [9.17, 15) is 9.59 Å². The molecule has 6 rings (SSSR count). The molecule has 0 saturated carbocycles. The van der Waals surface area contributed by atoms with Gasteiger partial charge in [0.05, 0.1) is 26.8 Å². The largest absolute Gasteiger partial charge is 0.493 e. The number of hydrogen-bond donors (Lipinski definition) is 1. The van der Waals surface area contributed by atoms with Crippen molar-refractivity contribution < 1.29 is 33.3 Å². The highest BCUT2D eigenvalue weighted by Gasteiger charge is 2.34. The standard InChI is InChI=1S/C33H31N5O7/c1-41-28-15-22(16-29(42-2)32(28)43-3)31(33(40)34-23-13-14-26-27(17-23)45-20-44-26)37(18-21-9-5-4-6-10-21)30(39)19-38-25-12-8-7-11-24(25)35-36-38/h4-17,31H,18-20H2,1-3H3,(H,34,40)/t31-/m1/s1. The first-order chi connectivity index (χ1) is 22.0. The van der Waals surface area contributed by atoms with Crippen LogP contribution in [-0.2, 0) is 22.7 Å². The van der Waals surface area contributed by atoms with E-state index in [-0.39, 0.29) is 25.8 Å². The lowest BCUT2D eigenvalue weighted by Gasteiger charge is -2.32. The summed E-state index contributed by atoms with van der Waals surface area (Å²) in [5, 5.41) is 11.4. The molecule has 2 heterocycles. The fourth-order valence-corrected chi connectivity index (χ4v) is 5.27. The fourth-order valence-electron chi connectivity index (χ4n) is 5.27. The van der Waals surface area contributed by atoms with Crippen molar-refractivity contribution >= 4 is 28.5 Å². The van der Waals surface area contributed by atoms with E-state index in [0.29, 0.717) is 51.0 Å². The van der Waals surface area contributed by atoms with Gasteiger partial charge in [-0.25, -0.2) is 4.68 Å². The van der Waals surface area contributed by atoms with E-state index in [2.05, 4.69) is 15.6 Å². The molecule has 1 aliphatic rings. The van der Waals surface area contributed by atoms with Gasteiger partial charge in [-0.1, -0.05) is 47.7 Å². The first-order valence-corrected chi connectivity index (χ1v) is 14.1. The normalized spacial score (nSPS) is 12.4. The lowest BCUT2D eigenvalue weighted by Crippen LogP contribution is -2.42. The number of aromatic nitrogens is 3. The first kappa shape index (κ1) is 29.3. The van der Waals surface area contributed by atoms with Crippen molar-refractivity contribution in [3.05, 3.63) is 96.1 Å². The van der Waals surface area contributed by atoms with Crippen molar-refractivity contribution in [1.82, 2.24) is 19.9 Å². The molecule has 0 unspecified atom stereocenters. The van der Waals surface area contributed by atoms with Crippen LogP contribution in [0.15, 0.2) is 84.9 Å². The van der Waals surface area contributed by atoms with E-state index >= 15 is 0 Å². The average Bonchev–Trinajstić information content (AvgIpc) is 3.71. The highest BCUT2D eigenvalue weighted by Crippen LogP contribution is 2.42. The number of benzene rings is 4. The minimum atomic E-state index is -1.15. The smallest absolute Gasteiger partial charge is 0.251 e. The van der Waals surface area contributed by atoms with Crippen LogP contribution in [0.4, 0.5) is 5.69 Å². The Hall–Kier alpha value is -5.78. The van der Waals surface area contributed by atoms with Crippen molar-refractivity contribution in [3.8, 4) is 28.7 Å². The van der Waals surface area contributed by atoms with Gasteiger partial charge in [0.2, 0.25) is 18.4 Å². The molecule has 0 fully saturated rings. The van der Waals surface area contributed by atoms with Crippen LogP contribution < -0.4 is 29.0 Å². The molecular formula is C33H31N5O7. The number of fused-ring (bicyclic) bond motifs is 2. The van der Waals surface area contributed by atoms with Crippen LogP contribution in [0, 0.1) is 0 Å². The second-order valence-corrected chi connectivity index (χ2v) is 10.2. The lowest BCUT2D eigenvalue weighted by molar-refractivity contribution is -0.140. The predicted molar refractivity (Wildman–Crippen MR) is 165 cm³/mol. The summed E-state index contributed by atoms with van der Waals surface area (Å²) in [6.07, 6.45) is 0. The second-order valence-electron chi connectivity index (χ2n) is 10.2. The van der Waals surface area contributed by atoms with E-state index in [1.165, 1.54) is 30.9 Å². The third-order valence-electron chi connectivity index (χ3n) is 7.42. The minimum Gasteiger partial charge on any atom is -0.493 e. The maximum Gasteiger partial charge on any atom is 0.251 e. The summed E-state index contributed by atoms with van der Waals surface area (Å²) in [5.41, 5.74) is 3.08. The Morgan fingerprint density at radius 1 is 0.889 bits per heavy atom. The molecule has 0 bridgehead atoms. The molecule has 0 aliphatic carbocycles. The SMILES string of the molecule is COc1cc([C@H](C(=O)Nc2ccc3c(c2)OCO3)N(Cc2ccccc2)C(=O)Cn2nnc3ccccc32)cc(OC)c1OC. The van der Waals surface area contributed by atoms with E-state index in [4.69, 9.17) is 23.7 Å². The Kier molecular flexibility index (Phi) is 8.36. The van der Waals surface area contributed by atoms with E-state index in [1.54, 1.807) is 30.3 Å². The Bertz CT molecular complexity index is 1820. The highest BCUT2D eigenvalue weighted by molar-refractivity contribution is 5.98. The molecular weight excluding hydrogens is 578 g/mol. The van der Waals surface area contributed by atoms with E-state index < -0.39 is 11.9 Å². The maximum atomic E-state index is 14.4. The molecule has 4 aromatic carbocycles. The molecule has 0 saturated heterocycles. The Morgan fingerprint density at radius 2 is 1.60 bits per heavy atom. The topological polar surface area (TPSA) is 126 Å². The van der Waals surface area contributed by atoms with Gasteiger partial charge in [-0.15, -0.1) is 5.10 Å². The van der Waals surface area contributed by atoms with Crippen LogP contribution in [0.1, 0.15) is 17.2 Å². The van der Waals surface area contributed by atoms with Gasteiger partial charge in [0.15, 0.2) is 23.0 Å². The third kappa shape index (κ3) is 6.03. The number of nitrogens with zero attached hydrogens (tertiary/aromatic N) is 4. The number of para-hydroxylation sites is 1. The molecule has 0 spiro atoms. The number of hydrogen-bond acceptors (Lipinski definition) is 9. The molecule has 1 atom stereocenters. The Balaban J connectivity index is 1.45. The summed E-state index contributed by atoms with van der Waals surface area (Å²) in [7, 11) is 4.48. The summed E-state index contributed by atoms with van der Waals surface area (Å²) in [5.74, 6) is 1.27. The van der Waals surface area contributed by atoms with Gasteiger partial charge >= 0.3 is 0 Å². The highest BCUT2D eigenvalue weighted by atomic mass is 16.7. The van der Waals surface area contributed by atoms with Gasteiger partial charge in [0, 0.05) is 18.3 Å². The van der Waals surface area contributed by atoms with Gasteiger partial charge in [-0.2, -0.15) is 0 Å². The Morgan fingerprint density at radius 3 is 2.33 bits per heavy atom. The summed E-state index contributed by atoms with van der Waals surface area (Å²) in [4.78, 5) is 30.3. The zero-order valence-electron chi connectivity index (χ0n) is 24.9. The number of nitrogens with one attached hydrogen (secondary N) is 1. The molecule has 12 nitrogen and oxygen atoms in total. The second kappa shape index (κ2) is 12.8. The quantitative estimate of drug-likeness (QED) is 0.229. The number of anilines is 1. The van der Waals surface area contributed by atoms with Gasteiger partial charge in [-0.05, 0) is 47.5 Å². The molecule has 1 N–H and O–H groups in total. The number of carbonyl (C=O) groups excluding carboxylic acids is 2. The van der Waals surface area contributed by atoms with Crippen LogP contribution in [0.2, 0.25) is 0 Å². The van der Waals surface area contributed by atoms with E-state index in [1.807, 2.05) is 54.6 Å². The van der Waals surface area contributed by atoms with Gasteiger partial charge in [0.25, 0.3) is 5.91 Å². The van der Waals surface area contributed by atoms with Crippen molar-refractivity contribution in [1.29, 1.82) is 0 Å². The average molecular weight is 610 g/mol. The maximum absolute atomic E-state index is 14.4. The molecule has 1 aliphatic heterocycles. The van der Waals surface area contributed by atoms with Crippen LogP contribution in [-0.4, -0.2) is 59.8 Å². The fraction of sp³-hybridized carbons (Fsp3) is 0.212. The van der Waals surface area contributed by atoms with Crippen molar-refractivity contribution in [3.63, 3.8) is 0 Å². The number of amides is 2. The molecule has 2 amide bonds. The molecule has 1 aromatic heterocycles. The van der Waals surface area contributed by atoms with Crippen molar-refractivity contribution in [2.24, 2.45) is 0 Å². The lowest BCUT2D eigenvalue weighted by atomic mass is 10.0.